The Bertz CT molecular complexity index is 1160. The van der Waals surface area contributed by atoms with E-state index in [1.165, 1.54) is 6.92 Å². The molecule has 2 aliphatic rings. The second-order valence-corrected chi connectivity index (χ2v) is 8.04. The maximum absolute atomic E-state index is 11.2. The van der Waals surface area contributed by atoms with Gasteiger partial charge in [0.25, 0.3) is 0 Å². The van der Waals surface area contributed by atoms with E-state index in [-0.39, 0.29) is 30.8 Å². The fourth-order valence-electron chi connectivity index (χ4n) is 4.33. The zero-order valence-corrected chi connectivity index (χ0v) is 17.4. The molecule has 3 atom stereocenters. The van der Waals surface area contributed by atoms with Gasteiger partial charge in [-0.3, -0.25) is 4.79 Å². The summed E-state index contributed by atoms with van der Waals surface area (Å²) in [4.78, 5) is 20.2. The van der Waals surface area contributed by atoms with Crippen LogP contribution < -0.4 is 10.7 Å². The van der Waals surface area contributed by atoms with E-state index in [1.807, 2.05) is 46.1 Å². The largest absolute Gasteiger partial charge is 0.463 e. The molecule has 0 spiro atoms. The standard InChI is InChI=1S/C22H24N6O3/c1-13-8-16(11-30-14(2)29)31-22(13)27-10-17-18-20(27)24-12-25-21(18)28(26-19(17)23)9-15-6-4-3-5-7-15/h3-7,10,12-13,16,22H,8-9,11H2,1-2H3,(H2,23,26)/t13-,16-,22+/m0/s1. The Balaban J connectivity index is 1.50. The molecule has 160 valence electrons. The minimum atomic E-state index is -0.306. The van der Waals surface area contributed by atoms with E-state index >= 15 is 0 Å². The van der Waals surface area contributed by atoms with Crippen molar-refractivity contribution in [2.45, 2.75) is 39.1 Å². The van der Waals surface area contributed by atoms with E-state index in [0.29, 0.717) is 12.4 Å². The number of benzene rings is 1. The van der Waals surface area contributed by atoms with Crippen LogP contribution in [0.1, 0.15) is 37.6 Å². The van der Waals surface area contributed by atoms with Crippen LogP contribution in [0.4, 0.5) is 5.82 Å². The number of nitrogens with zero attached hydrogens (tertiary/aromatic N) is 5. The SMILES string of the molecule is CC(=O)OC[C@@H]1C[C@H](C)[C@H](n2cc3c4c(ncnc42)N(Cc2ccccc2)N=C3N)O1. The number of ether oxygens (including phenoxy) is 2. The summed E-state index contributed by atoms with van der Waals surface area (Å²) < 4.78 is 13.4. The van der Waals surface area contributed by atoms with E-state index in [0.717, 1.165) is 34.4 Å². The van der Waals surface area contributed by atoms with Crippen LogP contribution in [-0.2, 0) is 20.8 Å². The topological polar surface area (TPSA) is 108 Å². The summed E-state index contributed by atoms with van der Waals surface area (Å²) in [5, 5.41) is 7.27. The summed E-state index contributed by atoms with van der Waals surface area (Å²) in [6.07, 6.45) is 3.87. The highest BCUT2D eigenvalue weighted by Crippen LogP contribution is 2.40. The van der Waals surface area contributed by atoms with Crippen LogP contribution in [0, 0.1) is 5.92 Å². The molecule has 1 fully saturated rings. The summed E-state index contributed by atoms with van der Waals surface area (Å²) in [6.45, 7) is 4.32. The van der Waals surface area contributed by atoms with Gasteiger partial charge in [0.05, 0.1) is 18.0 Å². The second kappa shape index (κ2) is 7.66. The Morgan fingerprint density at radius 2 is 2.10 bits per heavy atom. The van der Waals surface area contributed by atoms with Crippen molar-refractivity contribution >= 4 is 28.7 Å². The molecule has 2 aliphatic heterocycles. The molecule has 0 unspecified atom stereocenters. The first-order valence-electron chi connectivity index (χ1n) is 10.3. The lowest BCUT2D eigenvalue weighted by Crippen LogP contribution is -2.27. The first-order valence-corrected chi connectivity index (χ1v) is 10.3. The number of anilines is 1. The van der Waals surface area contributed by atoms with E-state index in [4.69, 9.17) is 15.2 Å². The Morgan fingerprint density at radius 1 is 1.29 bits per heavy atom. The lowest BCUT2D eigenvalue weighted by Gasteiger charge is -2.23. The molecule has 9 heteroatoms. The molecule has 31 heavy (non-hydrogen) atoms. The minimum absolute atomic E-state index is 0.156. The average molecular weight is 420 g/mol. The summed E-state index contributed by atoms with van der Waals surface area (Å²) in [5.41, 5.74) is 9.00. The van der Waals surface area contributed by atoms with Crippen LogP contribution in [-0.4, -0.2) is 39.1 Å². The van der Waals surface area contributed by atoms with Gasteiger partial charge in [0.1, 0.15) is 24.8 Å². The molecule has 0 amide bonds. The molecular formula is C22H24N6O3. The number of hydrogen-bond donors (Lipinski definition) is 1. The number of hydrogen-bond acceptors (Lipinski definition) is 8. The summed E-state index contributed by atoms with van der Waals surface area (Å²) in [6, 6.07) is 10.1. The maximum Gasteiger partial charge on any atom is 0.302 e. The molecule has 9 nitrogen and oxygen atoms in total. The second-order valence-electron chi connectivity index (χ2n) is 8.04. The molecule has 1 aromatic carbocycles. The monoisotopic (exact) mass is 420 g/mol. The van der Waals surface area contributed by atoms with Crippen LogP contribution in [0.5, 0.6) is 0 Å². The quantitative estimate of drug-likeness (QED) is 0.632. The average Bonchev–Trinajstić information content (AvgIpc) is 3.32. The van der Waals surface area contributed by atoms with Crippen molar-refractivity contribution in [1.82, 2.24) is 14.5 Å². The van der Waals surface area contributed by atoms with Crippen molar-refractivity contribution < 1.29 is 14.3 Å². The summed E-state index contributed by atoms with van der Waals surface area (Å²) >= 11 is 0. The number of hydrazone groups is 1. The van der Waals surface area contributed by atoms with E-state index < -0.39 is 0 Å². The maximum atomic E-state index is 11.2. The summed E-state index contributed by atoms with van der Waals surface area (Å²) in [7, 11) is 0. The van der Waals surface area contributed by atoms with Gasteiger partial charge in [-0.05, 0) is 12.0 Å². The predicted octanol–water partition coefficient (Wildman–Crippen LogP) is 2.56. The van der Waals surface area contributed by atoms with Gasteiger partial charge >= 0.3 is 5.97 Å². The lowest BCUT2D eigenvalue weighted by molar-refractivity contribution is -0.145. The Labute approximate surface area is 179 Å². The van der Waals surface area contributed by atoms with Gasteiger partial charge in [0, 0.05) is 24.6 Å². The van der Waals surface area contributed by atoms with Gasteiger partial charge in [0.2, 0.25) is 0 Å². The first-order chi connectivity index (χ1) is 15.0. The molecule has 1 saturated heterocycles. The number of carbonyl (C=O) groups excluding carboxylic acids is 1. The number of aromatic nitrogens is 3. The highest BCUT2D eigenvalue weighted by molar-refractivity contribution is 6.13. The fraction of sp³-hybridized carbons (Fsp3) is 0.364. The van der Waals surface area contributed by atoms with Gasteiger partial charge in [-0.25, -0.2) is 15.0 Å². The molecule has 0 aliphatic carbocycles. The highest BCUT2D eigenvalue weighted by Gasteiger charge is 2.37. The first kappa shape index (κ1) is 19.5. The van der Waals surface area contributed by atoms with Crippen molar-refractivity contribution in [3.63, 3.8) is 0 Å². The van der Waals surface area contributed by atoms with Crippen molar-refractivity contribution in [2.75, 3.05) is 11.6 Å². The number of rotatable bonds is 5. The van der Waals surface area contributed by atoms with Crippen LogP contribution in [0.25, 0.3) is 11.0 Å². The van der Waals surface area contributed by atoms with Crippen LogP contribution in [0.3, 0.4) is 0 Å². The normalized spacial score (nSPS) is 22.6. The van der Waals surface area contributed by atoms with Crippen molar-refractivity contribution in [3.8, 4) is 0 Å². The summed E-state index contributed by atoms with van der Waals surface area (Å²) in [5.74, 6) is 1.05. The number of esters is 1. The number of nitrogens with two attached hydrogens (primary N) is 1. The van der Waals surface area contributed by atoms with E-state index in [2.05, 4.69) is 22.0 Å². The van der Waals surface area contributed by atoms with Crippen LogP contribution >= 0.6 is 0 Å². The Hall–Kier alpha value is -3.46. The van der Waals surface area contributed by atoms with Crippen molar-refractivity contribution in [3.05, 3.63) is 54.0 Å². The van der Waals surface area contributed by atoms with Crippen molar-refractivity contribution in [1.29, 1.82) is 0 Å². The number of carbonyl (C=O) groups is 1. The third kappa shape index (κ3) is 3.50. The van der Waals surface area contributed by atoms with Gasteiger partial charge < -0.3 is 19.8 Å². The van der Waals surface area contributed by atoms with Crippen molar-refractivity contribution in [2.24, 2.45) is 16.8 Å². The molecule has 3 aromatic rings. The zero-order valence-electron chi connectivity index (χ0n) is 17.4. The molecule has 4 heterocycles. The molecule has 2 N–H and O–H groups in total. The zero-order chi connectivity index (χ0) is 21.5. The molecule has 0 radical (unpaired) electrons. The number of amidine groups is 1. The lowest BCUT2D eigenvalue weighted by atomic mass is 10.1. The Kier molecular flexibility index (Phi) is 4.82. The molecular weight excluding hydrogens is 396 g/mol. The van der Waals surface area contributed by atoms with Gasteiger partial charge in [-0.15, -0.1) is 0 Å². The van der Waals surface area contributed by atoms with Gasteiger partial charge in [-0.2, -0.15) is 5.10 Å². The highest BCUT2D eigenvalue weighted by atomic mass is 16.6. The molecule has 0 saturated carbocycles. The van der Waals surface area contributed by atoms with Gasteiger partial charge in [0.15, 0.2) is 11.7 Å². The smallest absolute Gasteiger partial charge is 0.302 e. The van der Waals surface area contributed by atoms with Crippen LogP contribution in [0.2, 0.25) is 0 Å². The third-order valence-corrected chi connectivity index (χ3v) is 5.71. The fourth-order valence-corrected chi connectivity index (χ4v) is 4.33. The molecule has 5 rings (SSSR count). The minimum Gasteiger partial charge on any atom is -0.463 e. The molecule has 2 aromatic heterocycles. The molecule has 0 bridgehead atoms. The van der Waals surface area contributed by atoms with Gasteiger partial charge in [-0.1, -0.05) is 37.3 Å². The Morgan fingerprint density at radius 3 is 2.87 bits per heavy atom. The van der Waals surface area contributed by atoms with E-state index in [1.54, 1.807) is 6.33 Å². The predicted molar refractivity (Wildman–Crippen MR) is 115 cm³/mol. The third-order valence-electron chi connectivity index (χ3n) is 5.71. The van der Waals surface area contributed by atoms with E-state index in [9.17, 15) is 4.79 Å². The van der Waals surface area contributed by atoms with Crippen LogP contribution in [0.15, 0.2) is 48.0 Å².